The van der Waals surface area contributed by atoms with Gasteiger partial charge in [0, 0.05) is 5.54 Å². The van der Waals surface area contributed by atoms with Gasteiger partial charge >= 0.3 is 0 Å². The van der Waals surface area contributed by atoms with E-state index in [4.69, 9.17) is 5.73 Å². The molecule has 0 aromatic heterocycles. The largest absolute Gasteiger partial charge is 0.325 e. The van der Waals surface area contributed by atoms with E-state index in [9.17, 15) is 4.39 Å². The minimum atomic E-state index is -0.154. The third kappa shape index (κ3) is 3.06. The van der Waals surface area contributed by atoms with E-state index in [0.717, 1.165) is 36.3 Å². The summed E-state index contributed by atoms with van der Waals surface area (Å²) in [6.07, 6.45) is 5.33. The average molecular weight is 235 g/mol. The molecule has 1 aliphatic rings. The Bertz CT molecular complexity index is 392. The van der Waals surface area contributed by atoms with Gasteiger partial charge in [0.2, 0.25) is 0 Å². The Hall–Kier alpha value is -0.890. The molecular weight excluding hydrogens is 213 g/mol. The number of hydrogen-bond acceptors (Lipinski definition) is 1. The fourth-order valence-corrected chi connectivity index (χ4v) is 2.72. The first-order valence-electron chi connectivity index (χ1n) is 6.52. The van der Waals surface area contributed by atoms with Crippen LogP contribution in [0.15, 0.2) is 18.2 Å². The molecule has 1 saturated carbocycles. The maximum Gasteiger partial charge on any atom is 0.123 e. The Morgan fingerprint density at radius 3 is 2.65 bits per heavy atom. The van der Waals surface area contributed by atoms with Crippen molar-refractivity contribution in [3.05, 3.63) is 35.1 Å². The van der Waals surface area contributed by atoms with Crippen LogP contribution in [0.3, 0.4) is 0 Å². The number of aryl methyl sites for hydroxylation is 1. The molecule has 0 spiro atoms. The highest BCUT2D eigenvalue weighted by molar-refractivity contribution is 5.28. The van der Waals surface area contributed by atoms with Crippen molar-refractivity contribution in [2.75, 3.05) is 0 Å². The van der Waals surface area contributed by atoms with Crippen LogP contribution in [-0.2, 0) is 6.42 Å². The predicted octanol–water partition coefficient (Wildman–Crippen LogP) is 3.58. The van der Waals surface area contributed by atoms with Crippen molar-refractivity contribution >= 4 is 0 Å². The van der Waals surface area contributed by atoms with Crippen LogP contribution in [0.2, 0.25) is 0 Å². The highest BCUT2D eigenvalue weighted by Gasteiger charge is 2.30. The van der Waals surface area contributed by atoms with E-state index in [2.05, 4.69) is 6.92 Å². The predicted molar refractivity (Wildman–Crippen MR) is 69.4 cm³/mol. The number of benzene rings is 1. The quantitative estimate of drug-likeness (QED) is 0.833. The molecule has 17 heavy (non-hydrogen) atoms. The first kappa shape index (κ1) is 12.6. The minimum Gasteiger partial charge on any atom is -0.325 e. The monoisotopic (exact) mass is 235 g/mol. The molecule has 1 aromatic rings. The summed E-state index contributed by atoms with van der Waals surface area (Å²) in [4.78, 5) is 0. The van der Waals surface area contributed by atoms with Crippen LogP contribution in [-0.4, -0.2) is 5.54 Å². The van der Waals surface area contributed by atoms with Crippen LogP contribution in [0.1, 0.15) is 43.7 Å². The topological polar surface area (TPSA) is 26.0 Å². The van der Waals surface area contributed by atoms with Crippen LogP contribution in [0.25, 0.3) is 0 Å². The molecule has 1 aliphatic carbocycles. The van der Waals surface area contributed by atoms with Crippen molar-refractivity contribution < 1.29 is 4.39 Å². The van der Waals surface area contributed by atoms with E-state index in [-0.39, 0.29) is 11.4 Å². The van der Waals surface area contributed by atoms with Gasteiger partial charge in [-0.1, -0.05) is 13.0 Å². The van der Waals surface area contributed by atoms with Gasteiger partial charge in [0.1, 0.15) is 5.82 Å². The van der Waals surface area contributed by atoms with Gasteiger partial charge in [-0.2, -0.15) is 0 Å². The van der Waals surface area contributed by atoms with Crippen molar-refractivity contribution in [1.29, 1.82) is 0 Å². The van der Waals surface area contributed by atoms with Gasteiger partial charge in [-0.25, -0.2) is 4.39 Å². The smallest absolute Gasteiger partial charge is 0.123 e. The summed E-state index contributed by atoms with van der Waals surface area (Å²) in [6, 6.07) is 5.01. The molecule has 0 atom stereocenters. The van der Waals surface area contributed by atoms with E-state index >= 15 is 0 Å². The van der Waals surface area contributed by atoms with Gasteiger partial charge in [0.05, 0.1) is 0 Å². The van der Waals surface area contributed by atoms with E-state index in [1.807, 2.05) is 13.0 Å². The van der Waals surface area contributed by atoms with E-state index in [1.165, 1.54) is 18.9 Å². The zero-order chi connectivity index (χ0) is 12.5. The van der Waals surface area contributed by atoms with Gasteiger partial charge in [-0.15, -0.1) is 0 Å². The lowest BCUT2D eigenvalue weighted by atomic mass is 9.74. The summed E-state index contributed by atoms with van der Waals surface area (Å²) in [6.45, 7) is 4.32. The zero-order valence-electron chi connectivity index (χ0n) is 10.8. The fourth-order valence-electron chi connectivity index (χ4n) is 2.72. The summed E-state index contributed by atoms with van der Waals surface area (Å²) in [7, 11) is 0. The molecule has 1 nitrogen and oxygen atoms in total. The summed E-state index contributed by atoms with van der Waals surface area (Å²) in [5, 5.41) is 0. The van der Waals surface area contributed by atoms with Gasteiger partial charge in [0.15, 0.2) is 0 Å². The highest BCUT2D eigenvalue weighted by Crippen LogP contribution is 2.33. The Balaban J connectivity index is 2.12. The van der Waals surface area contributed by atoms with Crippen molar-refractivity contribution in [3.63, 3.8) is 0 Å². The van der Waals surface area contributed by atoms with Gasteiger partial charge in [-0.3, -0.25) is 0 Å². The average Bonchev–Trinajstić information content (AvgIpc) is 2.28. The Morgan fingerprint density at radius 2 is 2.00 bits per heavy atom. The Kier molecular flexibility index (Phi) is 3.53. The second-order valence-electron chi connectivity index (χ2n) is 5.79. The van der Waals surface area contributed by atoms with E-state index in [1.54, 1.807) is 6.07 Å². The van der Waals surface area contributed by atoms with Crippen LogP contribution >= 0.6 is 0 Å². The SMILES string of the molecule is Cc1ccc(F)cc1CC1(N)CCC(C)CC1. The Labute approximate surface area is 103 Å². The van der Waals surface area contributed by atoms with Crippen molar-refractivity contribution in [2.24, 2.45) is 11.7 Å². The zero-order valence-corrected chi connectivity index (χ0v) is 10.8. The third-order valence-corrected chi connectivity index (χ3v) is 4.12. The van der Waals surface area contributed by atoms with Crippen LogP contribution in [0, 0.1) is 18.7 Å². The molecule has 0 amide bonds. The summed E-state index contributed by atoms with van der Waals surface area (Å²) < 4.78 is 13.2. The van der Waals surface area contributed by atoms with Crippen molar-refractivity contribution in [3.8, 4) is 0 Å². The van der Waals surface area contributed by atoms with Crippen LogP contribution in [0.5, 0.6) is 0 Å². The third-order valence-electron chi connectivity index (χ3n) is 4.12. The van der Waals surface area contributed by atoms with Crippen molar-refractivity contribution in [2.45, 2.75) is 51.5 Å². The molecule has 1 aromatic carbocycles. The molecule has 2 N–H and O–H groups in total. The number of hydrogen-bond donors (Lipinski definition) is 1. The second-order valence-corrected chi connectivity index (χ2v) is 5.79. The Morgan fingerprint density at radius 1 is 1.35 bits per heavy atom. The molecule has 0 saturated heterocycles. The minimum absolute atomic E-state index is 0.120. The molecule has 0 bridgehead atoms. The van der Waals surface area contributed by atoms with Gasteiger partial charge < -0.3 is 5.73 Å². The summed E-state index contributed by atoms with van der Waals surface area (Å²) in [5.74, 6) is 0.638. The van der Waals surface area contributed by atoms with E-state index in [0.29, 0.717) is 0 Å². The molecule has 0 radical (unpaired) electrons. The van der Waals surface area contributed by atoms with Crippen LogP contribution in [0.4, 0.5) is 4.39 Å². The molecule has 2 rings (SSSR count). The molecule has 0 heterocycles. The first-order chi connectivity index (χ1) is 7.98. The lowest BCUT2D eigenvalue weighted by Crippen LogP contribution is -2.45. The normalized spacial score (nSPS) is 29.3. The number of halogens is 1. The fraction of sp³-hybridized carbons (Fsp3) is 0.600. The number of nitrogens with two attached hydrogens (primary N) is 1. The molecule has 0 unspecified atom stereocenters. The standard InChI is InChI=1S/C15H22FN/c1-11-5-7-15(17,8-6-11)10-13-9-14(16)4-3-12(13)2/h3-4,9,11H,5-8,10,17H2,1-2H3. The van der Waals surface area contributed by atoms with E-state index < -0.39 is 0 Å². The summed E-state index contributed by atoms with van der Waals surface area (Å²) in [5.41, 5.74) is 8.55. The maximum absolute atomic E-state index is 13.2. The van der Waals surface area contributed by atoms with Gasteiger partial charge in [0.25, 0.3) is 0 Å². The van der Waals surface area contributed by atoms with Gasteiger partial charge in [-0.05, 0) is 68.2 Å². The first-order valence-corrected chi connectivity index (χ1v) is 6.52. The molecule has 94 valence electrons. The maximum atomic E-state index is 13.2. The lowest BCUT2D eigenvalue weighted by molar-refractivity contribution is 0.243. The molecule has 0 aliphatic heterocycles. The molecular formula is C15H22FN. The number of rotatable bonds is 2. The second kappa shape index (κ2) is 4.77. The van der Waals surface area contributed by atoms with Crippen molar-refractivity contribution in [1.82, 2.24) is 0 Å². The van der Waals surface area contributed by atoms with Crippen LogP contribution < -0.4 is 5.73 Å². The molecule has 1 fully saturated rings. The summed E-state index contributed by atoms with van der Waals surface area (Å²) >= 11 is 0. The lowest BCUT2D eigenvalue weighted by Gasteiger charge is -2.36. The molecule has 2 heteroatoms. The highest BCUT2D eigenvalue weighted by atomic mass is 19.1.